The highest BCUT2D eigenvalue weighted by Crippen LogP contribution is 2.40. The lowest BCUT2D eigenvalue weighted by Crippen LogP contribution is -2.52. The van der Waals surface area contributed by atoms with E-state index in [0.717, 1.165) is 18.4 Å². The van der Waals surface area contributed by atoms with E-state index in [1.54, 1.807) is 6.07 Å². The van der Waals surface area contributed by atoms with E-state index < -0.39 is 78.5 Å². The number of amides is 1. The summed E-state index contributed by atoms with van der Waals surface area (Å²) in [5.74, 6) is -1.48. The number of sulfonamides is 1. The van der Waals surface area contributed by atoms with Crippen molar-refractivity contribution in [3.63, 3.8) is 0 Å². The molecule has 0 aliphatic carbocycles. The van der Waals surface area contributed by atoms with Crippen LogP contribution >= 0.6 is 7.44 Å². The van der Waals surface area contributed by atoms with Crippen molar-refractivity contribution in [3.05, 3.63) is 59.7 Å². The van der Waals surface area contributed by atoms with E-state index in [9.17, 15) is 32.5 Å². The fraction of sp³-hybridized carbons (Fsp3) is 0.634. The van der Waals surface area contributed by atoms with Gasteiger partial charge in [0.05, 0.1) is 49.4 Å². The Balaban J connectivity index is 1.28. The van der Waals surface area contributed by atoms with Crippen molar-refractivity contribution in [1.29, 1.82) is 0 Å². The van der Waals surface area contributed by atoms with Crippen LogP contribution in [0, 0.1) is 5.92 Å². The maximum absolute atomic E-state index is 14.3. The third kappa shape index (κ3) is 12.7. The molecule has 2 aromatic rings. The third-order valence-corrected chi connectivity index (χ3v) is 14.7. The number of carbonyl (C=O) groups excluding carboxylic acids is 3. The molecule has 3 aliphatic rings. The molecule has 3 aliphatic heterocycles. The van der Waals surface area contributed by atoms with Crippen LogP contribution in [-0.4, -0.2) is 118 Å². The van der Waals surface area contributed by atoms with Gasteiger partial charge in [0.25, 0.3) is 0 Å². The molecule has 0 spiro atoms. The van der Waals surface area contributed by atoms with Crippen molar-refractivity contribution in [1.82, 2.24) is 19.8 Å². The lowest BCUT2D eigenvalue weighted by Gasteiger charge is -2.35. The number of rotatable bonds is 22. The summed E-state index contributed by atoms with van der Waals surface area (Å²) in [6, 6.07) is 10.7. The minimum Gasteiger partial charge on any atom is -0.483 e. The average Bonchev–Trinajstić information content (AvgIpc) is 3.84. The van der Waals surface area contributed by atoms with E-state index in [1.165, 1.54) is 30.3 Å². The molecule has 0 aromatic heterocycles. The van der Waals surface area contributed by atoms with Crippen LogP contribution in [0.25, 0.3) is 0 Å². The number of aliphatic hydroxyl groups is 1. The minimum absolute atomic E-state index is 0.00803. The molecule has 1 amide bonds. The molecular formula is C41H61N4O13PS. The van der Waals surface area contributed by atoms with Gasteiger partial charge < -0.3 is 38.8 Å². The van der Waals surface area contributed by atoms with E-state index in [2.05, 4.69) is 15.5 Å². The fourth-order valence-corrected chi connectivity index (χ4v) is 11.2. The first-order chi connectivity index (χ1) is 28.6. The Hall–Kier alpha value is -3.61. The number of nitrogens with one attached hydrogen (secondary N) is 3. The standard InChI is InChI=1S/C41H61N4O13PS/c1-6-8-18-53-38(47)28(4)43-59(50,44-29(5)39(48)54-19-9-7-2)26-57-31-15-16-37-33(22-31)27(3)23-45(60(37,51)52)24-35(46)34(21-30-13-11-10-12-14-30)42-41(49)58-36-25-56-40-32(36)17-20-55-40/h10-16,22,27-29,32,34-36,40,46H,6-9,17-21,23-26H2,1-5H3,(H,42,49)(H2,43,44,50)/t27?,28-,29-,32-,34-,35+,36-,40+/m0/s1. The molecule has 1 unspecified atom stereocenters. The quantitative estimate of drug-likeness (QED) is 0.0557. The van der Waals surface area contributed by atoms with Crippen LogP contribution in [0.3, 0.4) is 0 Å². The Kier molecular flexibility index (Phi) is 17.4. The second kappa shape index (κ2) is 22.0. The first-order valence-electron chi connectivity index (χ1n) is 20.8. The van der Waals surface area contributed by atoms with Gasteiger partial charge in [-0.05, 0) is 74.8 Å². The van der Waals surface area contributed by atoms with Crippen LogP contribution in [0.2, 0.25) is 0 Å². The second-order valence-electron chi connectivity index (χ2n) is 15.7. The van der Waals surface area contributed by atoms with Crippen LogP contribution < -0.4 is 20.2 Å². The van der Waals surface area contributed by atoms with Crippen molar-refractivity contribution in [3.8, 4) is 5.75 Å². The van der Waals surface area contributed by atoms with Crippen molar-refractivity contribution >= 4 is 35.5 Å². The number of hydrogen-bond donors (Lipinski definition) is 4. The number of unbranched alkanes of at least 4 members (excludes halogenated alkanes) is 2. The maximum Gasteiger partial charge on any atom is 0.407 e. The number of fused-ring (bicyclic) bond motifs is 2. The van der Waals surface area contributed by atoms with Gasteiger partial charge in [0.2, 0.25) is 17.5 Å². The zero-order valence-corrected chi connectivity index (χ0v) is 36.8. The van der Waals surface area contributed by atoms with Crippen LogP contribution in [0.15, 0.2) is 53.4 Å². The molecule has 0 radical (unpaired) electrons. The number of ether oxygens (including phenoxy) is 6. The molecule has 5 rings (SSSR count). The molecular weight excluding hydrogens is 820 g/mol. The van der Waals surface area contributed by atoms with Gasteiger partial charge in [0.15, 0.2) is 12.6 Å². The van der Waals surface area contributed by atoms with Crippen LogP contribution in [0.1, 0.15) is 83.8 Å². The molecule has 2 saturated heterocycles. The Bertz CT molecular complexity index is 1870. The number of alkyl carbamates (subject to hydrolysis) is 1. The van der Waals surface area contributed by atoms with Crippen LogP contribution in [0.4, 0.5) is 4.79 Å². The smallest absolute Gasteiger partial charge is 0.407 e. The van der Waals surface area contributed by atoms with Crippen LogP contribution in [-0.2, 0) is 54.3 Å². The van der Waals surface area contributed by atoms with Gasteiger partial charge in [-0.1, -0.05) is 63.9 Å². The van der Waals surface area contributed by atoms with Gasteiger partial charge in [-0.25, -0.2) is 23.4 Å². The van der Waals surface area contributed by atoms with Gasteiger partial charge in [0, 0.05) is 13.1 Å². The van der Waals surface area contributed by atoms with Gasteiger partial charge in [-0.15, -0.1) is 0 Å². The lowest BCUT2D eigenvalue weighted by molar-refractivity contribution is -0.145. The normalized spacial score (nSPS) is 23.0. The van der Waals surface area contributed by atoms with Crippen molar-refractivity contribution in [2.45, 2.75) is 121 Å². The summed E-state index contributed by atoms with van der Waals surface area (Å²) >= 11 is 0. The summed E-state index contributed by atoms with van der Waals surface area (Å²) < 4.78 is 77.1. The average molecular weight is 881 g/mol. The van der Waals surface area contributed by atoms with Crippen molar-refractivity contribution < 1.29 is 60.9 Å². The van der Waals surface area contributed by atoms with Gasteiger partial charge >= 0.3 is 18.0 Å². The van der Waals surface area contributed by atoms with Crippen LogP contribution in [0.5, 0.6) is 5.75 Å². The van der Waals surface area contributed by atoms with E-state index in [-0.39, 0.29) is 61.8 Å². The number of benzene rings is 2. The number of nitrogens with zero attached hydrogens (tertiary/aromatic N) is 1. The summed E-state index contributed by atoms with van der Waals surface area (Å²) in [5.41, 5.74) is 1.27. The number of β-amino-alcohol motifs (C(OH)–C–C–N with tert-alkyl or cyclic N) is 1. The zero-order chi connectivity index (χ0) is 43.5. The maximum atomic E-state index is 14.3. The Morgan fingerprint density at radius 3 is 2.25 bits per heavy atom. The summed E-state index contributed by atoms with van der Waals surface area (Å²) in [5, 5.41) is 19.9. The predicted octanol–water partition coefficient (Wildman–Crippen LogP) is 4.43. The van der Waals surface area contributed by atoms with Crippen molar-refractivity contribution in [2.75, 3.05) is 45.9 Å². The highest BCUT2D eigenvalue weighted by atomic mass is 32.2. The summed E-state index contributed by atoms with van der Waals surface area (Å²) in [7, 11) is -8.01. The predicted molar refractivity (Wildman–Crippen MR) is 221 cm³/mol. The molecule has 3 heterocycles. The van der Waals surface area contributed by atoms with Crippen molar-refractivity contribution in [2.24, 2.45) is 5.92 Å². The molecule has 0 bridgehead atoms. The second-order valence-corrected chi connectivity index (χ2v) is 19.8. The summed E-state index contributed by atoms with van der Waals surface area (Å²) in [6.45, 7) is 9.57. The van der Waals surface area contributed by atoms with E-state index in [0.29, 0.717) is 31.4 Å². The monoisotopic (exact) mass is 880 g/mol. The Labute approximate surface area is 353 Å². The molecule has 19 heteroatoms. The molecule has 60 heavy (non-hydrogen) atoms. The minimum atomic E-state index is -4.14. The van der Waals surface area contributed by atoms with E-state index in [1.807, 2.05) is 51.1 Å². The van der Waals surface area contributed by atoms with Gasteiger partial charge in [-0.2, -0.15) is 4.31 Å². The zero-order valence-electron chi connectivity index (χ0n) is 35.1. The molecule has 334 valence electrons. The molecule has 4 N–H and O–H groups in total. The molecule has 0 saturated carbocycles. The first-order valence-corrected chi connectivity index (χ1v) is 24.1. The molecule has 2 fully saturated rings. The number of hydrogen-bond acceptors (Lipinski definition) is 13. The topological polar surface area (TPSA) is 217 Å². The number of aliphatic hydroxyl groups excluding tert-OH is 1. The third-order valence-electron chi connectivity index (χ3n) is 10.7. The highest BCUT2D eigenvalue weighted by Gasteiger charge is 2.44. The fourth-order valence-electron chi connectivity index (χ4n) is 7.30. The number of esters is 2. The van der Waals surface area contributed by atoms with Gasteiger partial charge in [0.1, 0.15) is 23.9 Å². The Morgan fingerprint density at radius 2 is 1.62 bits per heavy atom. The summed E-state index contributed by atoms with van der Waals surface area (Å²) in [6.07, 6.45) is 0.375. The lowest BCUT2D eigenvalue weighted by atomic mass is 9.99. The summed E-state index contributed by atoms with van der Waals surface area (Å²) in [4.78, 5) is 38.6. The van der Waals surface area contributed by atoms with E-state index in [4.69, 9.17) is 28.4 Å². The van der Waals surface area contributed by atoms with E-state index >= 15 is 0 Å². The van der Waals surface area contributed by atoms with Gasteiger partial charge in [-0.3, -0.25) is 14.2 Å². The Morgan fingerprint density at radius 1 is 0.967 bits per heavy atom. The highest BCUT2D eigenvalue weighted by molar-refractivity contribution is 7.89. The number of carbonyl (C=O) groups is 3. The molecule has 17 nitrogen and oxygen atoms in total. The SMILES string of the molecule is CCCCOC(=O)[C@H](C)NP(=O)(COc1ccc2c(c1)C(C)CN(C[C@@H](O)[C@H](Cc1ccccc1)NC(=O)O[C@H]1CO[C@H]3OCC[C@H]31)S2(=O)=O)N[C@@H](C)C(=O)OCCCC. The molecule has 8 atom stereocenters. The molecule has 2 aromatic carbocycles. The first kappa shape index (κ1) is 47.4. The largest absolute Gasteiger partial charge is 0.483 e.